The van der Waals surface area contributed by atoms with E-state index in [1.54, 1.807) is 0 Å². The van der Waals surface area contributed by atoms with Crippen LogP contribution in [0.5, 0.6) is 0 Å². The van der Waals surface area contributed by atoms with Crippen LogP contribution < -0.4 is 5.73 Å². The van der Waals surface area contributed by atoms with Crippen molar-refractivity contribution >= 4 is 5.78 Å². The second-order valence-electron chi connectivity index (χ2n) is 5.87. The van der Waals surface area contributed by atoms with Crippen LogP contribution in [0.3, 0.4) is 0 Å². The monoisotopic (exact) mass is 316 g/mol. The molecule has 0 radical (unpaired) electrons. The summed E-state index contributed by atoms with van der Waals surface area (Å²) in [7, 11) is 0. The average Bonchev–Trinajstić information content (AvgIpc) is 2.48. The summed E-state index contributed by atoms with van der Waals surface area (Å²) >= 11 is 0. The molecule has 0 unspecified atom stereocenters. The minimum atomic E-state index is -1.04. The van der Waals surface area contributed by atoms with Crippen molar-refractivity contribution < 1.29 is 18.3 Å². The number of carbonyl (C=O) groups is 1. The van der Waals surface area contributed by atoms with Gasteiger partial charge in [-0.2, -0.15) is 5.26 Å². The number of allylic oxidation sites excluding steroid dienone is 3. The summed E-state index contributed by atoms with van der Waals surface area (Å²) in [5.74, 6) is -2.59. The fraction of sp³-hybridized carbons (Fsp3) is 0.294. The van der Waals surface area contributed by atoms with Crippen LogP contribution in [-0.4, -0.2) is 5.78 Å². The summed E-state index contributed by atoms with van der Waals surface area (Å²) in [6, 6.07) is 5.25. The topological polar surface area (TPSA) is 76.1 Å². The number of nitrogens with two attached hydrogens (primary N) is 1. The molecule has 1 aliphatic heterocycles. The zero-order valence-electron chi connectivity index (χ0n) is 12.4. The molecule has 0 saturated carbocycles. The Kier molecular flexibility index (Phi) is 3.64. The lowest BCUT2D eigenvalue weighted by Gasteiger charge is -2.32. The zero-order valence-corrected chi connectivity index (χ0v) is 12.4. The SMILES string of the molecule is C[C@@H]1CC(=O)C2=C(C1)OC(N)=C(C#N)[C@H]2c1ccc(F)c(F)c1. The lowest BCUT2D eigenvalue weighted by atomic mass is 9.75. The van der Waals surface area contributed by atoms with Crippen LogP contribution in [0.2, 0.25) is 0 Å². The number of ketones is 1. The third kappa shape index (κ3) is 2.48. The van der Waals surface area contributed by atoms with Gasteiger partial charge in [0.1, 0.15) is 17.4 Å². The van der Waals surface area contributed by atoms with E-state index >= 15 is 0 Å². The minimum Gasteiger partial charge on any atom is -0.444 e. The lowest BCUT2D eigenvalue weighted by molar-refractivity contribution is -0.117. The molecular formula is C17H14F2N2O2. The molecule has 0 saturated heterocycles. The Bertz CT molecular complexity index is 805. The van der Waals surface area contributed by atoms with Gasteiger partial charge in [-0.15, -0.1) is 0 Å². The van der Waals surface area contributed by atoms with Gasteiger partial charge in [-0.1, -0.05) is 13.0 Å². The Hall–Kier alpha value is -2.68. The van der Waals surface area contributed by atoms with Gasteiger partial charge in [-0.25, -0.2) is 8.78 Å². The number of hydrogen-bond acceptors (Lipinski definition) is 4. The predicted molar refractivity (Wildman–Crippen MR) is 77.4 cm³/mol. The minimum absolute atomic E-state index is 0.0395. The van der Waals surface area contributed by atoms with Crippen LogP contribution in [0.4, 0.5) is 8.78 Å². The molecule has 6 heteroatoms. The molecule has 3 rings (SSSR count). The third-order valence-corrected chi connectivity index (χ3v) is 4.14. The molecule has 0 bridgehead atoms. The number of nitrogens with zero attached hydrogens (tertiary/aromatic N) is 1. The molecule has 23 heavy (non-hydrogen) atoms. The lowest BCUT2D eigenvalue weighted by Crippen LogP contribution is -2.29. The molecule has 2 aliphatic rings. The predicted octanol–water partition coefficient (Wildman–Crippen LogP) is 3.03. The summed E-state index contributed by atoms with van der Waals surface area (Å²) in [4.78, 5) is 12.5. The van der Waals surface area contributed by atoms with Gasteiger partial charge in [0.25, 0.3) is 0 Å². The van der Waals surface area contributed by atoms with E-state index in [0.29, 0.717) is 29.7 Å². The van der Waals surface area contributed by atoms with Crippen LogP contribution in [0, 0.1) is 28.9 Å². The van der Waals surface area contributed by atoms with E-state index in [2.05, 4.69) is 0 Å². The van der Waals surface area contributed by atoms with Crippen LogP contribution in [0.1, 0.15) is 31.2 Å². The van der Waals surface area contributed by atoms with Gasteiger partial charge < -0.3 is 10.5 Å². The first-order chi connectivity index (χ1) is 10.9. The number of Topliss-reactive ketones (excluding diaryl/α,β-unsaturated/α-hetero) is 1. The van der Waals surface area contributed by atoms with E-state index in [4.69, 9.17) is 10.5 Å². The molecule has 0 fully saturated rings. The first kappa shape index (κ1) is 15.2. The maximum atomic E-state index is 13.6. The number of carbonyl (C=O) groups excluding carboxylic acids is 1. The van der Waals surface area contributed by atoms with Crippen LogP contribution in [0.15, 0.2) is 41.0 Å². The van der Waals surface area contributed by atoms with Crippen molar-refractivity contribution in [2.45, 2.75) is 25.7 Å². The molecular weight excluding hydrogens is 302 g/mol. The first-order valence-electron chi connectivity index (χ1n) is 7.21. The van der Waals surface area contributed by atoms with E-state index in [-0.39, 0.29) is 23.2 Å². The maximum Gasteiger partial charge on any atom is 0.205 e. The third-order valence-electron chi connectivity index (χ3n) is 4.14. The van der Waals surface area contributed by atoms with Gasteiger partial charge >= 0.3 is 0 Å². The summed E-state index contributed by atoms with van der Waals surface area (Å²) in [6.07, 6.45) is 0.835. The summed E-state index contributed by atoms with van der Waals surface area (Å²) in [6.45, 7) is 1.91. The zero-order chi connectivity index (χ0) is 16.7. The molecule has 1 heterocycles. The van der Waals surface area contributed by atoms with E-state index in [9.17, 15) is 18.8 Å². The van der Waals surface area contributed by atoms with Gasteiger partial charge in [0.05, 0.1) is 5.92 Å². The van der Waals surface area contributed by atoms with Crippen molar-refractivity contribution in [1.82, 2.24) is 0 Å². The molecule has 0 spiro atoms. The normalized spacial score (nSPS) is 24.2. The van der Waals surface area contributed by atoms with Crippen molar-refractivity contribution in [2.75, 3.05) is 0 Å². The van der Waals surface area contributed by atoms with Crippen molar-refractivity contribution in [3.8, 4) is 6.07 Å². The van der Waals surface area contributed by atoms with E-state index in [1.807, 2.05) is 13.0 Å². The Morgan fingerprint density at radius 1 is 1.30 bits per heavy atom. The quantitative estimate of drug-likeness (QED) is 0.864. The van der Waals surface area contributed by atoms with Gasteiger partial charge in [-0.05, 0) is 23.6 Å². The maximum absolute atomic E-state index is 13.6. The largest absolute Gasteiger partial charge is 0.444 e. The second kappa shape index (κ2) is 5.51. The fourth-order valence-corrected chi connectivity index (χ4v) is 3.12. The van der Waals surface area contributed by atoms with Crippen molar-refractivity contribution in [2.24, 2.45) is 11.7 Å². The number of benzene rings is 1. The smallest absolute Gasteiger partial charge is 0.205 e. The molecule has 1 aromatic carbocycles. The number of rotatable bonds is 1. The van der Waals surface area contributed by atoms with Crippen LogP contribution in [0.25, 0.3) is 0 Å². The molecule has 1 aliphatic carbocycles. The molecule has 0 aromatic heterocycles. The number of hydrogen-bond donors (Lipinski definition) is 1. The van der Waals surface area contributed by atoms with E-state index in [0.717, 1.165) is 12.1 Å². The summed E-state index contributed by atoms with van der Waals surface area (Å²) in [5, 5.41) is 9.38. The average molecular weight is 316 g/mol. The number of ether oxygens (including phenoxy) is 1. The van der Waals surface area contributed by atoms with Crippen molar-refractivity contribution in [1.29, 1.82) is 5.26 Å². The van der Waals surface area contributed by atoms with Gasteiger partial charge in [-0.3, -0.25) is 4.79 Å². The second-order valence-corrected chi connectivity index (χ2v) is 5.87. The number of halogens is 2. The summed E-state index contributed by atoms with van der Waals surface area (Å²) in [5.41, 5.74) is 6.47. The highest BCUT2D eigenvalue weighted by Crippen LogP contribution is 2.44. The molecule has 2 atom stereocenters. The van der Waals surface area contributed by atoms with Crippen molar-refractivity contribution in [3.63, 3.8) is 0 Å². The summed E-state index contributed by atoms with van der Waals surface area (Å²) < 4.78 is 32.3. The Labute approximate surface area is 131 Å². The highest BCUT2D eigenvalue weighted by molar-refractivity contribution is 5.99. The number of nitriles is 1. The molecule has 1 aromatic rings. The Morgan fingerprint density at radius 3 is 2.70 bits per heavy atom. The fourth-order valence-electron chi connectivity index (χ4n) is 3.12. The van der Waals surface area contributed by atoms with Gasteiger partial charge in [0.2, 0.25) is 5.88 Å². The molecule has 0 amide bonds. The standard InChI is InChI=1S/C17H14F2N2O2/c1-8-4-13(22)16-14(5-8)23-17(21)10(7-20)15(16)9-2-3-11(18)12(19)6-9/h2-3,6,8,15H,4-5,21H2,1H3/t8-,15-/m1/s1. The van der Waals surface area contributed by atoms with Crippen LogP contribution >= 0.6 is 0 Å². The Morgan fingerprint density at radius 2 is 2.04 bits per heavy atom. The van der Waals surface area contributed by atoms with Gasteiger partial charge in [0, 0.05) is 18.4 Å². The van der Waals surface area contributed by atoms with Crippen LogP contribution in [-0.2, 0) is 9.53 Å². The highest BCUT2D eigenvalue weighted by atomic mass is 19.2. The van der Waals surface area contributed by atoms with E-state index in [1.165, 1.54) is 6.07 Å². The van der Waals surface area contributed by atoms with Crippen molar-refractivity contribution in [3.05, 3.63) is 58.2 Å². The highest BCUT2D eigenvalue weighted by Gasteiger charge is 2.39. The molecule has 4 nitrogen and oxygen atoms in total. The molecule has 118 valence electrons. The molecule has 2 N–H and O–H groups in total. The Balaban J connectivity index is 2.19. The van der Waals surface area contributed by atoms with Gasteiger partial charge in [0.15, 0.2) is 17.4 Å². The van der Waals surface area contributed by atoms with E-state index < -0.39 is 17.6 Å². The first-order valence-corrected chi connectivity index (χ1v) is 7.21.